The molecular formula is C31H38N4O2. The lowest BCUT2D eigenvalue weighted by Gasteiger charge is -2.31. The van der Waals surface area contributed by atoms with Gasteiger partial charge in [0, 0.05) is 24.2 Å². The maximum Gasteiger partial charge on any atom is 0.175 e. The number of benzene rings is 3. The summed E-state index contributed by atoms with van der Waals surface area (Å²) in [5.41, 5.74) is 12.0. The molecule has 37 heavy (non-hydrogen) atoms. The van der Waals surface area contributed by atoms with Gasteiger partial charge in [0.05, 0.1) is 11.3 Å². The Kier molecular flexibility index (Phi) is 8.07. The maximum atomic E-state index is 6.23. The largest absolute Gasteiger partial charge is 0.488 e. The Morgan fingerprint density at radius 2 is 1.73 bits per heavy atom. The van der Waals surface area contributed by atoms with E-state index in [-0.39, 0.29) is 0 Å². The van der Waals surface area contributed by atoms with Crippen molar-refractivity contribution < 1.29 is 9.26 Å². The van der Waals surface area contributed by atoms with Gasteiger partial charge in [-0.15, -0.1) is 0 Å². The van der Waals surface area contributed by atoms with E-state index in [9.17, 15) is 0 Å². The van der Waals surface area contributed by atoms with Gasteiger partial charge in [-0.3, -0.25) is 4.90 Å². The number of rotatable bonds is 10. The number of nitrogens with two attached hydrogens (primary N) is 1. The molecule has 2 N–H and O–H groups in total. The van der Waals surface area contributed by atoms with Gasteiger partial charge < -0.3 is 19.9 Å². The van der Waals surface area contributed by atoms with Gasteiger partial charge in [-0.2, -0.15) is 0 Å². The Morgan fingerprint density at radius 1 is 0.973 bits per heavy atom. The van der Waals surface area contributed by atoms with Crippen LogP contribution in [0.1, 0.15) is 41.6 Å². The molecule has 0 aliphatic carbocycles. The van der Waals surface area contributed by atoms with E-state index in [4.69, 9.17) is 15.0 Å². The van der Waals surface area contributed by atoms with Crippen molar-refractivity contribution in [2.75, 3.05) is 32.9 Å². The third kappa shape index (κ3) is 6.51. The van der Waals surface area contributed by atoms with Crippen molar-refractivity contribution in [3.63, 3.8) is 0 Å². The highest BCUT2D eigenvalue weighted by molar-refractivity contribution is 5.84. The van der Waals surface area contributed by atoms with Gasteiger partial charge in [0.1, 0.15) is 12.4 Å². The highest BCUT2D eigenvalue weighted by Crippen LogP contribution is 2.33. The van der Waals surface area contributed by atoms with E-state index in [0.717, 1.165) is 71.1 Å². The second-order valence-electron chi connectivity index (χ2n) is 10.6. The van der Waals surface area contributed by atoms with Crippen molar-refractivity contribution in [3.8, 4) is 5.75 Å². The average molecular weight is 499 g/mol. The molecule has 1 aliphatic rings. The topological polar surface area (TPSA) is 67.8 Å². The van der Waals surface area contributed by atoms with Crippen LogP contribution in [0.15, 0.2) is 71.3 Å². The monoisotopic (exact) mass is 498 g/mol. The number of piperidine rings is 1. The molecule has 6 nitrogen and oxygen atoms in total. The predicted octanol–water partition coefficient (Wildman–Crippen LogP) is 5.90. The van der Waals surface area contributed by atoms with E-state index in [2.05, 4.69) is 71.5 Å². The Bertz CT molecular complexity index is 1280. The first kappa shape index (κ1) is 25.3. The molecule has 0 radical (unpaired) electrons. The molecule has 1 aliphatic heterocycles. The van der Waals surface area contributed by atoms with E-state index in [0.29, 0.717) is 6.61 Å². The van der Waals surface area contributed by atoms with Crippen molar-refractivity contribution >= 4 is 16.7 Å². The van der Waals surface area contributed by atoms with Crippen LogP contribution in [0.2, 0.25) is 0 Å². The summed E-state index contributed by atoms with van der Waals surface area (Å²) in [6.07, 6.45) is 4.60. The zero-order valence-corrected chi connectivity index (χ0v) is 22.0. The molecule has 0 unspecified atom stereocenters. The van der Waals surface area contributed by atoms with E-state index >= 15 is 0 Å². The van der Waals surface area contributed by atoms with Crippen LogP contribution in [0.3, 0.4) is 0 Å². The number of ether oxygens (including phenoxy) is 1. The number of aromatic nitrogens is 1. The van der Waals surface area contributed by atoms with E-state index in [1.165, 1.54) is 31.5 Å². The summed E-state index contributed by atoms with van der Waals surface area (Å²) in [6, 6.07) is 22.8. The number of nitrogen functional groups attached to an aromatic ring is 1. The normalized spacial score (nSPS) is 15.0. The number of hydrogen-bond donors (Lipinski definition) is 1. The number of likely N-dealkylation sites (tertiary alicyclic amines) is 1. The lowest BCUT2D eigenvalue weighted by molar-refractivity contribution is 0.172. The van der Waals surface area contributed by atoms with Crippen LogP contribution < -0.4 is 10.5 Å². The quantitative estimate of drug-likeness (QED) is 0.275. The molecule has 5 rings (SSSR count). The first-order valence-electron chi connectivity index (χ1n) is 13.3. The summed E-state index contributed by atoms with van der Waals surface area (Å²) in [5, 5.41) is 5.62. The van der Waals surface area contributed by atoms with Crippen molar-refractivity contribution in [2.45, 2.75) is 45.4 Å². The minimum atomic E-state index is 0.482. The smallest absolute Gasteiger partial charge is 0.175 e. The standard InChI is InChI=1S/C31H38N4O2/c1-34(2)21-28-30(36-22-25-8-11-26(32)12-9-25)15-13-27-29(33-37-31(27)28)14-10-23-16-18-35(19-17-23)20-24-6-4-3-5-7-24/h3-9,11-13,15,23H,10,14,16-22,32H2,1-2H3. The molecule has 194 valence electrons. The van der Waals surface area contributed by atoms with E-state index < -0.39 is 0 Å². The minimum absolute atomic E-state index is 0.482. The molecule has 0 amide bonds. The molecule has 3 aromatic carbocycles. The zero-order valence-electron chi connectivity index (χ0n) is 22.0. The number of aryl methyl sites for hydroxylation is 1. The molecular weight excluding hydrogens is 460 g/mol. The number of hydrogen-bond acceptors (Lipinski definition) is 6. The van der Waals surface area contributed by atoms with E-state index in [1.807, 2.05) is 24.3 Å². The fourth-order valence-electron chi connectivity index (χ4n) is 5.26. The summed E-state index contributed by atoms with van der Waals surface area (Å²) in [4.78, 5) is 4.72. The molecule has 2 heterocycles. The van der Waals surface area contributed by atoms with Crippen LogP contribution in [0.4, 0.5) is 5.69 Å². The Morgan fingerprint density at radius 3 is 2.46 bits per heavy atom. The predicted molar refractivity (Wildman–Crippen MR) is 149 cm³/mol. The molecule has 1 aromatic heterocycles. The van der Waals surface area contributed by atoms with Crippen LogP contribution in [-0.2, 0) is 26.1 Å². The fourth-order valence-corrected chi connectivity index (χ4v) is 5.26. The molecule has 0 spiro atoms. The van der Waals surface area contributed by atoms with Gasteiger partial charge in [0.15, 0.2) is 5.58 Å². The van der Waals surface area contributed by atoms with Crippen molar-refractivity contribution in [2.24, 2.45) is 5.92 Å². The molecule has 0 bridgehead atoms. The number of fused-ring (bicyclic) bond motifs is 1. The van der Waals surface area contributed by atoms with Crippen LogP contribution in [0.25, 0.3) is 11.0 Å². The highest BCUT2D eigenvalue weighted by Gasteiger charge is 2.22. The van der Waals surface area contributed by atoms with Crippen molar-refractivity contribution in [1.29, 1.82) is 0 Å². The van der Waals surface area contributed by atoms with Crippen molar-refractivity contribution in [1.82, 2.24) is 15.0 Å². The molecule has 0 atom stereocenters. The van der Waals surface area contributed by atoms with Gasteiger partial charge in [-0.1, -0.05) is 47.6 Å². The summed E-state index contributed by atoms with van der Waals surface area (Å²) >= 11 is 0. The first-order chi connectivity index (χ1) is 18.0. The average Bonchev–Trinajstić information content (AvgIpc) is 3.32. The molecule has 6 heteroatoms. The Hall–Kier alpha value is -3.35. The number of anilines is 1. The summed E-state index contributed by atoms with van der Waals surface area (Å²) in [6.45, 7) is 4.60. The van der Waals surface area contributed by atoms with Crippen LogP contribution >= 0.6 is 0 Å². The van der Waals surface area contributed by atoms with Gasteiger partial charge in [-0.05, 0) is 94.2 Å². The lowest BCUT2D eigenvalue weighted by Crippen LogP contribution is -2.33. The van der Waals surface area contributed by atoms with Gasteiger partial charge in [-0.25, -0.2) is 0 Å². The number of nitrogens with zero attached hydrogens (tertiary/aromatic N) is 3. The minimum Gasteiger partial charge on any atom is -0.488 e. The second kappa shape index (κ2) is 11.8. The molecule has 0 saturated carbocycles. The summed E-state index contributed by atoms with van der Waals surface area (Å²) < 4.78 is 12.2. The summed E-state index contributed by atoms with van der Waals surface area (Å²) in [7, 11) is 4.12. The van der Waals surface area contributed by atoms with E-state index in [1.54, 1.807) is 0 Å². The molecule has 1 fully saturated rings. The van der Waals surface area contributed by atoms with Crippen molar-refractivity contribution in [3.05, 3.63) is 89.1 Å². The second-order valence-corrected chi connectivity index (χ2v) is 10.6. The van der Waals surface area contributed by atoms with Crippen LogP contribution in [0, 0.1) is 5.92 Å². The van der Waals surface area contributed by atoms with Crippen LogP contribution in [0.5, 0.6) is 5.75 Å². The van der Waals surface area contributed by atoms with Gasteiger partial charge in [0.25, 0.3) is 0 Å². The molecule has 1 saturated heterocycles. The first-order valence-corrected chi connectivity index (χ1v) is 13.3. The Labute approximate surface area is 220 Å². The summed E-state index contributed by atoms with van der Waals surface area (Å²) in [5.74, 6) is 1.58. The SMILES string of the molecule is CN(C)Cc1c(OCc2ccc(N)cc2)ccc2c(CCC3CCN(Cc4ccccc4)CC3)noc12. The maximum absolute atomic E-state index is 6.23. The zero-order chi connectivity index (χ0) is 25.6. The third-order valence-electron chi connectivity index (χ3n) is 7.37. The van der Waals surface area contributed by atoms with Crippen LogP contribution in [-0.4, -0.2) is 42.1 Å². The lowest BCUT2D eigenvalue weighted by atomic mass is 9.91. The van der Waals surface area contributed by atoms with Gasteiger partial charge >= 0.3 is 0 Å². The molecule has 4 aromatic rings. The third-order valence-corrected chi connectivity index (χ3v) is 7.37. The van der Waals surface area contributed by atoms with Gasteiger partial charge in [0.2, 0.25) is 0 Å². The fraction of sp³-hybridized carbons (Fsp3) is 0.387. The Balaban J connectivity index is 1.22. The highest BCUT2D eigenvalue weighted by atomic mass is 16.5.